The number of carboxylic acids is 1. The topological polar surface area (TPSA) is 60.8 Å². The number of piperidine rings is 1. The fourth-order valence-corrected chi connectivity index (χ4v) is 3.88. The third-order valence-corrected chi connectivity index (χ3v) is 4.89. The third-order valence-electron chi connectivity index (χ3n) is 4.58. The van der Waals surface area contributed by atoms with Crippen LogP contribution in [-0.2, 0) is 5.88 Å². The number of carbonyl (C=O) groups is 1. The Morgan fingerprint density at radius 1 is 1.27 bits per heavy atom. The highest BCUT2D eigenvalue weighted by Gasteiger charge is 2.45. The van der Waals surface area contributed by atoms with E-state index in [9.17, 15) is 15.1 Å². The average molecular weight is 326 g/mol. The molecule has 0 aromatic heterocycles. The van der Waals surface area contributed by atoms with Gasteiger partial charge >= 0.3 is 5.97 Å². The largest absolute Gasteiger partial charge is 0.478 e. The lowest BCUT2D eigenvalue weighted by Crippen LogP contribution is -2.58. The molecule has 1 heterocycles. The van der Waals surface area contributed by atoms with Gasteiger partial charge in [0.1, 0.15) is 0 Å². The van der Waals surface area contributed by atoms with Gasteiger partial charge in [-0.1, -0.05) is 12.1 Å². The Kier molecular flexibility index (Phi) is 4.58. The molecule has 0 saturated carbocycles. The molecule has 1 fully saturated rings. The van der Waals surface area contributed by atoms with Crippen molar-refractivity contribution in [3.05, 3.63) is 34.9 Å². The van der Waals surface area contributed by atoms with Gasteiger partial charge in [-0.25, -0.2) is 4.79 Å². The molecule has 2 rings (SSSR count). The maximum Gasteiger partial charge on any atom is 0.335 e. The molecule has 1 aromatic rings. The van der Waals surface area contributed by atoms with E-state index < -0.39 is 17.0 Å². The summed E-state index contributed by atoms with van der Waals surface area (Å²) in [4.78, 5) is 11.6. The lowest BCUT2D eigenvalue weighted by molar-refractivity contribution is -0.245. The van der Waals surface area contributed by atoms with Gasteiger partial charge in [0.05, 0.1) is 5.56 Å². The van der Waals surface area contributed by atoms with Crippen LogP contribution in [0, 0.1) is 0 Å². The van der Waals surface area contributed by atoms with Crippen LogP contribution in [0.3, 0.4) is 0 Å². The van der Waals surface area contributed by atoms with E-state index in [-0.39, 0.29) is 5.92 Å². The number of hydrogen-bond donors (Lipinski definition) is 2. The molecule has 1 saturated heterocycles. The maximum atomic E-state index is 11.6. The van der Waals surface area contributed by atoms with Crippen molar-refractivity contribution in [3.8, 4) is 0 Å². The number of aromatic carboxylic acids is 1. The molecule has 1 aliphatic heterocycles. The molecule has 0 spiro atoms. The second kappa shape index (κ2) is 5.84. The highest BCUT2D eigenvalue weighted by molar-refractivity contribution is 6.17. The molecule has 5 heteroatoms. The van der Waals surface area contributed by atoms with Gasteiger partial charge in [0.2, 0.25) is 0 Å². The van der Waals surface area contributed by atoms with Crippen LogP contribution in [-0.4, -0.2) is 32.4 Å². The molecule has 1 aromatic carbocycles. The van der Waals surface area contributed by atoms with Gasteiger partial charge in [-0.3, -0.25) is 0 Å². The second-order valence-corrected chi connectivity index (χ2v) is 7.67. The molecule has 1 aliphatic rings. The number of alkyl halides is 1. The molecule has 2 N–H and O–H groups in total. The number of hydroxylamine groups is 2. The fourth-order valence-electron chi connectivity index (χ4n) is 3.72. The van der Waals surface area contributed by atoms with Crippen molar-refractivity contribution in [2.24, 2.45) is 0 Å². The summed E-state index contributed by atoms with van der Waals surface area (Å²) in [6.07, 6.45) is 1.39. The zero-order valence-corrected chi connectivity index (χ0v) is 14.3. The van der Waals surface area contributed by atoms with Crippen molar-refractivity contribution >= 4 is 17.6 Å². The number of nitrogens with zero attached hydrogens (tertiary/aromatic N) is 1. The lowest BCUT2D eigenvalue weighted by atomic mass is 9.71. The van der Waals surface area contributed by atoms with Gasteiger partial charge in [0, 0.05) is 17.0 Å². The van der Waals surface area contributed by atoms with Gasteiger partial charge in [0.25, 0.3) is 0 Å². The molecule has 4 nitrogen and oxygen atoms in total. The molecule has 0 bridgehead atoms. The number of carboxylic acid groups (broad SMARTS) is 1. The zero-order valence-electron chi connectivity index (χ0n) is 13.6. The fraction of sp³-hybridized carbons (Fsp3) is 0.588. The molecular formula is C17H24ClNO3. The Balaban J connectivity index is 2.49. The van der Waals surface area contributed by atoms with E-state index in [0.29, 0.717) is 24.3 Å². The number of hydrogen-bond acceptors (Lipinski definition) is 3. The first-order chi connectivity index (χ1) is 10.1. The summed E-state index contributed by atoms with van der Waals surface area (Å²) in [7, 11) is 0. The highest BCUT2D eigenvalue weighted by Crippen LogP contribution is 2.45. The summed E-state index contributed by atoms with van der Waals surface area (Å²) in [5.41, 5.74) is 1.23. The number of rotatable bonds is 3. The van der Waals surface area contributed by atoms with Gasteiger partial charge in [0.15, 0.2) is 0 Å². The van der Waals surface area contributed by atoms with Crippen LogP contribution in [0.5, 0.6) is 0 Å². The Labute approximate surface area is 136 Å². The standard InChI is InChI=1S/C17H24ClNO3/c1-16(2)8-12(9-17(3,4)19(16)22)14-7-11(10-18)5-6-13(14)15(20)21/h5-7,12,22H,8-10H2,1-4H3,(H,20,21). The summed E-state index contributed by atoms with van der Waals surface area (Å²) < 4.78 is 0. The normalized spacial score (nSPS) is 21.7. The Morgan fingerprint density at radius 3 is 2.27 bits per heavy atom. The minimum Gasteiger partial charge on any atom is -0.478 e. The van der Waals surface area contributed by atoms with E-state index in [1.165, 1.54) is 5.06 Å². The van der Waals surface area contributed by atoms with Crippen LogP contribution in [0.1, 0.15) is 67.9 Å². The minimum absolute atomic E-state index is 0.0719. The summed E-state index contributed by atoms with van der Waals surface area (Å²) >= 11 is 5.91. The van der Waals surface area contributed by atoms with E-state index in [2.05, 4.69) is 0 Å². The summed E-state index contributed by atoms with van der Waals surface area (Å²) in [5, 5.41) is 21.3. The zero-order chi connectivity index (χ0) is 16.7. The smallest absolute Gasteiger partial charge is 0.335 e. The SMILES string of the molecule is CC1(C)CC(c2cc(CCl)ccc2C(=O)O)CC(C)(C)N1O. The number of halogens is 1. The van der Waals surface area contributed by atoms with Crippen molar-refractivity contribution in [1.29, 1.82) is 0 Å². The Bertz CT molecular complexity index is 565. The van der Waals surface area contributed by atoms with E-state index in [0.717, 1.165) is 11.1 Å². The summed E-state index contributed by atoms with van der Waals surface area (Å²) in [6, 6.07) is 5.30. The number of benzene rings is 1. The molecule has 0 atom stereocenters. The van der Waals surface area contributed by atoms with Crippen LogP contribution in [0.2, 0.25) is 0 Å². The predicted molar refractivity (Wildman–Crippen MR) is 86.7 cm³/mol. The first-order valence-corrected chi connectivity index (χ1v) is 8.03. The van der Waals surface area contributed by atoms with Crippen LogP contribution < -0.4 is 0 Å². The van der Waals surface area contributed by atoms with Crippen LogP contribution in [0.4, 0.5) is 0 Å². The van der Waals surface area contributed by atoms with Crippen molar-refractivity contribution in [2.75, 3.05) is 0 Å². The van der Waals surface area contributed by atoms with E-state index >= 15 is 0 Å². The maximum absolute atomic E-state index is 11.6. The highest BCUT2D eigenvalue weighted by atomic mass is 35.5. The molecule has 0 aliphatic carbocycles. The van der Waals surface area contributed by atoms with E-state index in [1.54, 1.807) is 12.1 Å². The Hall–Kier alpha value is -1.10. The molecule has 122 valence electrons. The molecule has 22 heavy (non-hydrogen) atoms. The molecule has 0 unspecified atom stereocenters. The average Bonchev–Trinajstić information content (AvgIpc) is 2.43. The van der Waals surface area contributed by atoms with E-state index in [1.807, 2.05) is 33.8 Å². The molecular weight excluding hydrogens is 302 g/mol. The van der Waals surface area contributed by atoms with Gasteiger partial charge < -0.3 is 10.3 Å². The lowest BCUT2D eigenvalue weighted by Gasteiger charge is -2.51. The van der Waals surface area contributed by atoms with Crippen molar-refractivity contribution in [1.82, 2.24) is 5.06 Å². The monoisotopic (exact) mass is 325 g/mol. The Morgan fingerprint density at radius 2 is 1.82 bits per heavy atom. The predicted octanol–water partition coefficient (Wildman–Crippen LogP) is 4.25. The quantitative estimate of drug-likeness (QED) is 0.816. The van der Waals surface area contributed by atoms with Crippen LogP contribution in [0.25, 0.3) is 0 Å². The van der Waals surface area contributed by atoms with Gasteiger partial charge in [-0.15, -0.1) is 11.6 Å². The van der Waals surface area contributed by atoms with Crippen molar-refractivity contribution in [3.63, 3.8) is 0 Å². The van der Waals surface area contributed by atoms with E-state index in [4.69, 9.17) is 11.6 Å². The summed E-state index contributed by atoms with van der Waals surface area (Å²) in [5.74, 6) is -0.487. The van der Waals surface area contributed by atoms with Gasteiger partial charge in [-0.2, -0.15) is 5.06 Å². The van der Waals surface area contributed by atoms with Gasteiger partial charge in [-0.05, 0) is 63.6 Å². The third kappa shape index (κ3) is 3.14. The first-order valence-electron chi connectivity index (χ1n) is 7.50. The first kappa shape index (κ1) is 17.3. The molecule has 0 amide bonds. The molecule has 0 radical (unpaired) electrons. The summed E-state index contributed by atoms with van der Waals surface area (Å²) in [6.45, 7) is 7.92. The van der Waals surface area contributed by atoms with Crippen molar-refractivity contribution in [2.45, 2.75) is 63.4 Å². The van der Waals surface area contributed by atoms with Crippen LogP contribution >= 0.6 is 11.6 Å². The second-order valence-electron chi connectivity index (χ2n) is 7.40. The van der Waals surface area contributed by atoms with Crippen LogP contribution in [0.15, 0.2) is 18.2 Å². The van der Waals surface area contributed by atoms with Crippen molar-refractivity contribution < 1.29 is 15.1 Å². The minimum atomic E-state index is -0.918.